The van der Waals surface area contributed by atoms with Gasteiger partial charge in [0.25, 0.3) is 11.8 Å². The number of amides is 2. The van der Waals surface area contributed by atoms with Crippen LogP contribution in [0.4, 0.5) is 0 Å². The van der Waals surface area contributed by atoms with Crippen LogP contribution in [-0.2, 0) is 0 Å². The van der Waals surface area contributed by atoms with Crippen LogP contribution in [-0.4, -0.2) is 35.1 Å². The molecule has 0 aliphatic rings. The Morgan fingerprint density at radius 3 is 1.46 bits per heavy atom. The first kappa shape index (κ1) is 21.3. The molecule has 0 atom stereocenters. The monoisotopic (exact) mass is 384 g/mol. The number of hydrogen-bond donors (Lipinski definition) is 4. The Morgan fingerprint density at radius 1 is 0.714 bits per heavy atom. The van der Waals surface area contributed by atoms with E-state index < -0.39 is 0 Å². The van der Waals surface area contributed by atoms with Crippen molar-refractivity contribution in [3.05, 3.63) is 58.7 Å². The summed E-state index contributed by atoms with van der Waals surface area (Å²) < 4.78 is 0. The van der Waals surface area contributed by atoms with Gasteiger partial charge in [-0.15, -0.1) is 0 Å². The van der Waals surface area contributed by atoms with E-state index in [4.69, 9.17) is 0 Å². The van der Waals surface area contributed by atoms with Gasteiger partial charge in [-0.3, -0.25) is 9.59 Å². The maximum atomic E-state index is 12.0. The van der Waals surface area contributed by atoms with Crippen LogP contribution in [0.3, 0.4) is 0 Å². The van der Waals surface area contributed by atoms with E-state index in [1.165, 1.54) is 0 Å². The molecule has 4 N–H and O–H groups in total. The number of phenols is 2. The number of unbranched alkanes of at least 4 members (excludes halogenated alkanes) is 3. The van der Waals surface area contributed by atoms with Gasteiger partial charge in [-0.05, 0) is 62.1 Å². The Balaban J connectivity index is 1.58. The van der Waals surface area contributed by atoms with E-state index in [1.54, 1.807) is 36.4 Å². The van der Waals surface area contributed by atoms with Crippen molar-refractivity contribution in [3.8, 4) is 11.5 Å². The highest BCUT2D eigenvalue weighted by Crippen LogP contribution is 2.19. The summed E-state index contributed by atoms with van der Waals surface area (Å²) in [5.41, 5.74) is 2.37. The molecule has 0 saturated heterocycles. The van der Waals surface area contributed by atoms with Crippen LogP contribution in [0.2, 0.25) is 0 Å². The van der Waals surface area contributed by atoms with Crippen LogP contribution in [0.15, 0.2) is 36.4 Å². The van der Waals surface area contributed by atoms with Gasteiger partial charge in [0.1, 0.15) is 11.5 Å². The van der Waals surface area contributed by atoms with E-state index in [0.717, 1.165) is 36.8 Å². The smallest absolute Gasteiger partial charge is 0.255 e. The zero-order valence-electron chi connectivity index (χ0n) is 16.4. The molecule has 0 radical (unpaired) electrons. The number of aryl methyl sites for hydroxylation is 2. The van der Waals surface area contributed by atoms with Crippen LogP contribution >= 0.6 is 0 Å². The standard InChI is InChI=1S/C22H28N2O4/c1-15-7-9-17(19(25)13-15)21(27)23-11-5-3-4-6-12-24-22(28)18-10-8-16(2)14-20(18)26/h7-10,13-14,25-26H,3-6,11-12H2,1-2H3,(H,23,27)(H,24,28). The first-order valence-electron chi connectivity index (χ1n) is 9.54. The van der Waals surface area contributed by atoms with Crippen LogP contribution in [0.25, 0.3) is 0 Å². The molecule has 2 amide bonds. The number of aromatic hydroxyl groups is 2. The Kier molecular flexibility index (Phi) is 7.87. The van der Waals surface area contributed by atoms with Crippen LogP contribution in [0, 0.1) is 13.8 Å². The van der Waals surface area contributed by atoms with E-state index in [9.17, 15) is 19.8 Å². The number of nitrogens with one attached hydrogen (secondary N) is 2. The maximum absolute atomic E-state index is 12.0. The van der Waals surface area contributed by atoms with Gasteiger partial charge in [0.15, 0.2) is 0 Å². The summed E-state index contributed by atoms with van der Waals surface area (Å²) in [6.07, 6.45) is 3.49. The van der Waals surface area contributed by atoms with Gasteiger partial charge in [-0.2, -0.15) is 0 Å². The highest BCUT2D eigenvalue weighted by molar-refractivity contribution is 5.97. The average molecular weight is 384 g/mol. The molecule has 2 aromatic rings. The fourth-order valence-corrected chi connectivity index (χ4v) is 2.87. The topological polar surface area (TPSA) is 98.7 Å². The first-order valence-corrected chi connectivity index (χ1v) is 9.54. The number of carbonyl (C=O) groups is 2. The highest BCUT2D eigenvalue weighted by atomic mass is 16.3. The third-order valence-electron chi connectivity index (χ3n) is 4.47. The van der Waals surface area contributed by atoms with Crippen LogP contribution in [0.5, 0.6) is 11.5 Å². The molecule has 0 bridgehead atoms. The predicted octanol–water partition coefficient (Wildman–Crippen LogP) is 3.43. The van der Waals surface area contributed by atoms with Crippen LogP contribution < -0.4 is 10.6 Å². The van der Waals surface area contributed by atoms with Crippen LogP contribution in [0.1, 0.15) is 57.5 Å². The first-order chi connectivity index (χ1) is 13.4. The third kappa shape index (κ3) is 6.30. The summed E-state index contributed by atoms with van der Waals surface area (Å²) in [6.45, 7) is 4.78. The number of hydrogen-bond acceptors (Lipinski definition) is 4. The molecule has 2 rings (SSSR count). The van der Waals surface area contributed by atoms with Crippen molar-refractivity contribution in [2.24, 2.45) is 0 Å². The lowest BCUT2D eigenvalue weighted by Crippen LogP contribution is -2.25. The predicted molar refractivity (Wildman–Crippen MR) is 109 cm³/mol. The fourth-order valence-electron chi connectivity index (χ4n) is 2.87. The van der Waals surface area contributed by atoms with E-state index >= 15 is 0 Å². The summed E-state index contributed by atoms with van der Waals surface area (Å²) >= 11 is 0. The van der Waals surface area contributed by atoms with Gasteiger partial charge in [0.05, 0.1) is 11.1 Å². The second kappa shape index (κ2) is 10.3. The van der Waals surface area contributed by atoms with Gasteiger partial charge >= 0.3 is 0 Å². The molecule has 2 aromatic carbocycles. The molecule has 6 nitrogen and oxygen atoms in total. The van der Waals surface area contributed by atoms with Crippen molar-refractivity contribution < 1.29 is 19.8 Å². The normalized spacial score (nSPS) is 10.5. The minimum Gasteiger partial charge on any atom is -0.507 e. The molecule has 0 fully saturated rings. The summed E-state index contributed by atoms with van der Waals surface area (Å²) in [7, 11) is 0. The van der Waals surface area contributed by atoms with Gasteiger partial charge < -0.3 is 20.8 Å². The number of benzene rings is 2. The van der Waals surface area contributed by atoms with Crippen molar-refractivity contribution in [3.63, 3.8) is 0 Å². The van der Waals surface area contributed by atoms with Crippen molar-refractivity contribution in [1.29, 1.82) is 0 Å². The molecule has 0 spiro atoms. The van der Waals surface area contributed by atoms with Gasteiger partial charge in [-0.25, -0.2) is 0 Å². The van der Waals surface area contributed by atoms with Crippen molar-refractivity contribution >= 4 is 11.8 Å². The quantitative estimate of drug-likeness (QED) is 0.498. The third-order valence-corrected chi connectivity index (χ3v) is 4.47. The lowest BCUT2D eigenvalue weighted by Gasteiger charge is -2.08. The second-order valence-electron chi connectivity index (χ2n) is 6.97. The Labute approximate surface area is 165 Å². The second-order valence-corrected chi connectivity index (χ2v) is 6.97. The van der Waals surface area contributed by atoms with E-state index in [-0.39, 0.29) is 34.4 Å². The molecule has 6 heteroatoms. The fraction of sp³-hybridized carbons (Fsp3) is 0.364. The lowest BCUT2D eigenvalue weighted by molar-refractivity contribution is 0.0940. The highest BCUT2D eigenvalue weighted by Gasteiger charge is 2.11. The molecule has 0 aliphatic heterocycles. The zero-order chi connectivity index (χ0) is 20.5. The number of carbonyl (C=O) groups excluding carboxylic acids is 2. The molecule has 0 saturated carbocycles. The average Bonchev–Trinajstić information content (AvgIpc) is 2.63. The lowest BCUT2D eigenvalue weighted by atomic mass is 10.1. The maximum Gasteiger partial charge on any atom is 0.255 e. The molecular weight excluding hydrogens is 356 g/mol. The number of phenolic OH excluding ortho intramolecular Hbond substituents is 2. The van der Waals surface area contributed by atoms with Crippen molar-refractivity contribution in [2.45, 2.75) is 39.5 Å². The Morgan fingerprint density at radius 2 is 1.11 bits per heavy atom. The Hall–Kier alpha value is -3.02. The summed E-state index contributed by atoms with van der Waals surface area (Å²) in [5.74, 6) is -0.564. The molecule has 0 aromatic heterocycles. The van der Waals surface area contributed by atoms with Crippen molar-refractivity contribution in [1.82, 2.24) is 10.6 Å². The molecule has 0 unspecified atom stereocenters. The molecular formula is C22H28N2O4. The van der Waals surface area contributed by atoms with E-state index in [2.05, 4.69) is 10.6 Å². The molecule has 0 heterocycles. The minimum absolute atomic E-state index is 0.00662. The SMILES string of the molecule is Cc1ccc(C(=O)NCCCCCCNC(=O)c2ccc(C)cc2O)c(O)c1. The summed E-state index contributed by atoms with van der Waals surface area (Å²) in [4.78, 5) is 24.1. The van der Waals surface area contributed by atoms with E-state index in [1.807, 2.05) is 13.8 Å². The summed E-state index contributed by atoms with van der Waals surface area (Å²) in [6, 6.07) is 9.96. The van der Waals surface area contributed by atoms with E-state index in [0.29, 0.717) is 13.1 Å². The molecule has 150 valence electrons. The minimum atomic E-state index is -0.275. The summed E-state index contributed by atoms with van der Waals surface area (Å²) in [5, 5.41) is 25.2. The Bertz CT molecular complexity index is 764. The molecule has 28 heavy (non-hydrogen) atoms. The van der Waals surface area contributed by atoms with Gasteiger partial charge in [0, 0.05) is 13.1 Å². The van der Waals surface area contributed by atoms with Gasteiger partial charge in [-0.1, -0.05) is 25.0 Å². The number of rotatable bonds is 9. The largest absolute Gasteiger partial charge is 0.507 e. The molecule has 0 aliphatic carbocycles. The van der Waals surface area contributed by atoms with Crippen molar-refractivity contribution in [2.75, 3.05) is 13.1 Å². The van der Waals surface area contributed by atoms with Gasteiger partial charge in [0.2, 0.25) is 0 Å². The zero-order valence-corrected chi connectivity index (χ0v) is 16.4.